The molecule has 0 unspecified atom stereocenters. The fourth-order valence-corrected chi connectivity index (χ4v) is 1.98. The van der Waals surface area contributed by atoms with Crippen molar-refractivity contribution < 1.29 is 4.39 Å². The van der Waals surface area contributed by atoms with Gasteiger partial charge in [-0.25, -0.2) is 14.4 Å². The number of rotatable bonds is 4. The molecule has 1 aromatic carbocycles. The molecule has 1 heterocycles. The highest BCUT2D eigenvalue weighted by molar-refractivity contribution is 9.10. The van der Waals surface area contributed by atoms with Gasteiger partial charge in [0.15, 0.2) is 5.82 Å². The van der Waals surface area contributed by atoms with Gasteiger partial charge in [0.05, 0.1) is 5.69 Å². The first kappa shape index (κ1) is 12.2. The highest BCUT2D eigenvalue weighted by Gasteiger charge is 2.08. The monoisotopic (exact) mass is 294 g/mol. The molecule has 0 N–H and O–H groups in total. The van der Waals surface area contributed by atoms with Crippen LogP contribution in [0.4, 0.5) is 4.39 Å². The molecule has 0 radical (unpaired) electrons. The summed E-state index contributed by atoms with van der Waals surface area (Å²) in [5.74, 6) is -0.347. The molecule has 0 aliphatic carbocycles. The molecule has 2 aromatic rings. The number of nitrogens with zero attached hydrogens (tertiary/aromatic N) is 2. The average Bonchev–Trinajstić information content (AvgIpc) is 2.36. The first-order valence-corrected chi connectivity index (χ1v) is 6.25. The largest absolute Gasteiger partial charge is 0.238 e. The fourth-order valence-electron chi connectivity index (χ4n) is 1.66. The summed E-state index contributed by atoms with van der Waals surface area (Å²) in [5.41, 5.74) is 1.74. The van der Waals surface area contributed by atoms with Crippen LogP contribution in [-0.4, -0.2) is 9.97 Å². The second kappa shape index (κ2) is 5.87. The van der Waals surface area contributed by atoms with Gasteiger partial charge in [-0.05, 0) is 40.8 Å². The molecule has 0 spiro atoms. The lowest BCUT2D eigenvalue weighted by Gasteiger charge is -2.03. The van der Waals surface area contributed by atoms with Gasteiger partial charge in [0.1, 0.15) is 10.9 Å². The third-order valence-electron chi connectivity index (χ3n) is 2.54. The van der Waals surface area contributed by atoms with Crippen molar-refractivity contribution in [2.75, 3.05) is 0 Å². The van der Waals surface area contributed by atoms with Gasteiger partial charge >= 0.3 is 0 Å². The Balaban J connectivity index is 1.93. The van der Waals surface area contributed by atoms with Gasteiger partial charge in [-0.1, -0.05) is 30.3 Å². The summed E-state index contributed by atoms with van der Waals surface area (Å²) in [6.45, 7) is 0. The Bertz CT molecular complexity index is 488. The fraction of sp³-hybridized carbons (Fsp3) is 0.231. The number of aryl methyl sites for hydroxylation is 2. The van der Waals surface area contributed by atoms with Crippen LogP contribution in [-0.2, 0) is 12.8 Å². The minimum atomic E-state index is -0.347. The number of halogens is 2. The van der Waals surface area contributed by atoms with Gasteiger partial charge < -0.3 is 0 Å². The molecule has 88 valence electrons. The summed E-state index contributed by atoms with van der Waals surface area (Å²) in [4.78, 5) is 7.69. The molecule has 0 aliphatic rings. The second-order valence-corrected chi connectivity index (χ2v) is 4.52. The van der Waals surface area contributed by atoms with Crippen LogP contribution in [0.25, 0.3) is 0 Å². The van der Waals surface area contributed by atoms with Crippen LogP contribution in [0.1, 0.15) is 17.7 Å². The van der Waals surface area contributed by atoms with E-state index in [2.05, 4.69) is 38.0 Å². The minimum Gasteiger partial charge on any atom is -0.238 e. The Morgan fingerprint density at radius 3 is 2.59 bits per heavy atom. The molecule has 2 rings (SSSR count). The maximum absolute atomic E-state index is 13.6. The Morgan fingerprint density at radius 2 is 1.82 bits per heavy atom. The van der Waals surface area contributed by atoms with E-state index in [1.54, 1.807) is 0 Å². The van der Waals surface area contributed by atoms with Crippen molar-refractivity contribution in [3.05, 3.63) is 58.3 Å². The standard InChI is InChI=1S/C13H12BrFN2/c14-13-12(15)11(16-9-17-13)8-4-7-10-5-2-1-3-6-10/h1-3,5-6,9H,4,7-8H2. The molecule has 2 nitrogen and oxygen atoms in total. The zero-order valence-electron chi connectivity index (χ0n) is 9.24. The molecule has 1 aromatic heterocycles. The van der Waals surface area contributed by atoms with Gasteiger partial charge in [-0.15, -0.1) is 0 Å². The van der Waals surface area contributed by atoms with Crippen LogP contribution in [0.15, 0.2) is 41.3 Å². The summed E-state index contributed by atoms with van der Waals surface area (Å²) in [6, 6.07) is 10.2. The lowest BCUT2D eigenvalue weighted by molar-refractivity contribution is 0.576. The first-order chi connectivity index (χ1) is 8.27. The summed E-state index contributed by atoms with van der Waals surface area (Å²) >= 11 is 3.06. The van der Waals surface area contributed by atoms with Gasteiger partial charge in [0.25, 0.3) is 0 Å². The van der Waals surface area contributed by atoms with Crippen molar-refractivity contribution in [3.63, 3.8) is 0 Å². The zero-order valence-corrected chi connectivity index (χ0v) is 10.8. The van der Waals surface area contributed by atoms with E-state index in [9.17, 15) is 4.39 Å². The van der Waals surface area contributed by atoms with E-state index >= 15 is 0 Å². The Morgan fingerprint density at radius 1 is 1.06 bits per heavy atom. The van der Waals surface area contributed by atoms with E-state index in [4.69, 9.17) is 0 Å². The SMILES string of the molecule is Fc1c(Br)ncnc1CCCc1ccccc1. The molecule has 4 heteroatoms. The second-order valence-electron chi connectivity index (χ2n) is 3.76. The number of benzene rings is 1. The summed E-state index contributed by atoms with van der Waals surface area (Å²) in [6.07, 6.45) is 3.82. The van der Waals surface area contributed by atoms with Crippen LogP contribution in [0.5, 0.6) is 0 Å². The van der Waals surface area contributed by atoms with Gasteiger partial charge in [-0.2, -0.15) is 0 Å². The highest BCUT2D eigenvalue weighted by atomic mass is 79.9. The molecule has 0 saturated carbocycles. The van der Waals surface area contributed by atoms with E-state index in [-0.39, 0.29) is 10.4 Å². The minimum absolute atomic E-state index is 0.238. The van der Waals surface area contributed by atoms with Crippen molar-refractivity contribution >= 4 is 15.9 Å². The van der Waals surface area contributed by atoms with Crippen LogP contribution >= 0.6 is 15.9 Å². The summed E-state index contributed by atoms with van der Waals surface area (Å²) in [5, 5.41) is 0. The Kier molecular flexibility index (Phi) is 4.20. The summed E-state index contributed by atoms with van der Waals surface area (Å²) in [7, 11) is 0. The molecule has 0 aliphatic heterocycles. The van der Waals surface area contributed by atoms with E-state index in [0.717, 1.165) is 12.8 Å². The molecular formula is C13H12BrFN2. The lowest BCUT2D eigenvalue weighted by atomic mass is 10.1. The van der Waals surface area contributed by atoms with Crippen LogP contribution in [0.3, 0.4) is 0 Å². The number of aromatic nitrogens is 2. The van der Waals surface area contributed by atoms with Gasteiger partial charge in [0, 0.05) is 0 Å². The van der Waals surface area contributed by atoms with Gasteiger partial charge in [-0.3, -0.25) is 0 Å². The van der Waals surface area contributed by atoms with E-state index in [1.165, 1.54) is 11.9 Å². The topological polar surface area (TPSA) is 25.8 Å². The highest BCUT2D eigenvalue weighted by Crippen LogP contribution is 2.15. The van der Waals surface area contributed by atoms with E-state index < -0.39 is 0 Å². The predicted molar refractivity (Wildman–Crippen MR) is 68.2 cm³/mol. The van der Waals surface area contributed by atoms with Crippen molar-refractivity contribution in [3.8, 4) is 0 Å². The van der Waals surface area contributed by atoms with Crippen molar-refractivity contribution in [2.24, 2.45) is 0 Å². The van der Waals surface area contributed by atoms with Crippen molar-refractivity contribution in [1.29, 1.82) is 0 Å². The number of hydrogen-bond acceptors (Lipinski definition) is 2. The molecule has 0 amide bonds. The van der Waals surface area contributed by atoms with E-state index in [0.29, 0.717) is 12.1 Å². The third-order valence-corrected chi connectivity index (χ3v) is 3.09. The molecular weight excluding hydrogens is 283 g/mol. The average molecular weight is 295 g/mol. The molecule has 0 saturated heterocycles. The Labute approximate surface area is 108 Å². The van der Waals surface area contributed by atoms with Gasteiger partial charge in [0.2, 0.25) is 0 Å². The molecule has 0 fully saturated rings. The van der Waals surface area contributed by atoms with Crippen molar-refractivity contribution in [1.82, 2.24) is 9.97 Å². The zero-order chi connectivity index (χ0) is 12.1. The molecule has 0 bridgehead atoms. The predicted octanol–water partition coefficient (Wildman–Crippen LogP) is 3.55. The van der Waals surface area contributed by atoms with E-state index in [1.807, 2.05) is 18.2 Å². The van der Waals surface area contributed by atoms with Crippen LogP contribution in [0.2, 0.25) is 0 Å². The molecule has 0 atom stereocenters. The molecule has 17 heavy (non-hydrogen) atoms. The summed E-state index contributed by atoms with van der Waals surface area (Å²) < 4.78 is 13.8. The Hall–Kier alpha value is -1.29. The third kappa shape index (κ3) is 3.33. The van der Waals surface area contributed by atoms with Crippen LogP contribution < -0.4 is 0 Å². The maximum Gasteiger partial charge on any atom is 0.177 e. The quantitative estimate of drug-likeness (QED) is 0.806. The smallest absolute Gasteiger partial charge is 0.177 e. The van der Waals surface area contributed by atoms with Crippen LogP contribution in [0, 0.1) is 5.82 Å². The van der Waals surface area contributed by atoms with Crippen molar-refractivity contribution in [2.45, 2.75) is 19.3 Å². The lowest BCUT2D eigenvalue weighted by Crippen LogP contribution is -1.99. The number of hydrogen-bond donors (Lipinski definition) is 0. The maximum atomic E-state index is 13.6. The first-order valence-electron chi connectivity index (χ1n) is 5.46. The normalized spacial score (nSPS) is 10.5.